The molecule has 0 aliphatic rings. The van der Waals surface area contributed by atoms with Gasteiger partial charge >= 0.3 is 0 Å². The Morgan fingerprint density at radius 2 is 1.81 bits per heavy atom. The van der Waals surface area contributed by atoms with Gasteiger partial charge in [0, 0.05) is 24.7 Å². The van der Waals surface area contributed by atoms with Crippen LogP contribution in [0.15, 0.2) is 36.4 Å². The van der Waals surface area contributed by atoms with Crippen LogP contribution in [0, 0.1) is 6.92 Å². The number of nitrogens with two attached hydrogens (primary N) is 1. The number of aryl methyl sites for hydroxylation is 3. The van der Waals surface area contributed by atoms with Crippen molar-refractivity contribution >= 4 is 5.78 Å². The molecule has 0 aliphatic carbocycles. The molecule has 3 N–H and O–H groups in total. The van der Waals surface area contributed by atoms with Gasteiger partial charge in [-0.15, -0.1) is 0 Å². The summed E-state index contributed by atoms with van der Waals surface area (Å²) in [6.07, 6.45) is 4.96. The molecule has 1 heterocycles. The molecule has 1 aromatic carbocycles. The zero-order valence-corrected chi connectivity index (χ0v) is 16.3. The zero-order chi connectivity index (χ0) is 19.2. The zero-order valence-electron chi connectivity index (χ0n) is 16.3. The van der Waals surface area contributed by atoms with Gasteiger partial charge in [0.15, 0.2) is 5.78 Å². The first-order valence-electron chi connectivity index (χ1n) is 9.45. The molecule has 0 radical (unpaired) electrons. The van der Waals surface area contributed by atoms with Gasteiger partial charge < -0.3 is 15.4 Å². The fraction of sp³-hybridized carbons (Fsp3) is 0.500. The first-order valence-corrected chi connectivity index (χ1v) is 9.45. The molecule has 1 unspecified atom stereocenters. The molecule has 0 bridgehead atoms. The second kappa shape index (κ2) is 9.15. The number of Topliss-reactive ketones (excluding diaryl/α,β-unsaturated/α-hetero) is 1. The standard InChI is InChI=1S/C22H32N2O2/c1-17-8-10-18(11-9-17)6-4-5-7-21(26)20-13-12-19(24(20)3)14-15-22(2,23)16-25/h8-13,25H,4-7,14-16,23H2,1-3H3. The molecular formula is C22H32N2O2. The van der Waals surface area contributed by atoms with Crippen LogP contribution in [0.2, 0.25) is 0 Å². The number of benzene rings is 1. The first kappa shape index (κ1) is 20.4. The molecule has 0 aliphatic heterocycles. The van der Waals surface area contributed by atoms with E-state index in [2.05, 4.69) is 31.2 Å². The minimum absolute atomic E-state index is 0.0375. The van der Waals surface area contributed by atoms with E-state index >= 15 is 0 Å². The van der Waals surface area contributed by atoms with Crippen LogP contribution in [0.5, 0.6) is 0 Å². The maximum absolute atomic E-state index is 12.5. The number of aromatic nitrogens is 1. The van der Waals surface area contributed by atoms with E-state index in [1.54, 1.807) is 0 Å². The molecule has 0 saturated heterocycles. The van der Waals surface area contributed by atoms with Gasteiger partial charge in [-0.3, -0.25) is 4.79 Å². The second-order valence-electron chi connectivity index (χ2n) is 7.70. The van der Waals surface area contributed by atoms with Crippen molar-refractivity contribution in [1.29, 1.82) is 0 Å². The maximum atomic E-state index is 12.5. The molecule has 0 saturated carbocycles. The second-order valence-corrected chi connectivity index (χ2v) is 7.70. The average Bonchev–Trinajstić information content (AvgIpc) is 2.99. The van der Waals surface area contributed by atoms with Gasteiger partial charge in [-0.25, -0.2) is 0 Å². The fourth-order valence-electron chi connectivity index (χ4n) is 3.07. The lowest BCUT2D eigenvalue weighted by molar-refractivity contribution is 0.0971. The smallest absolute Gasteiger partial charge is 0.179 e. The molecule has 0 spiro atoms. The third-order valence-corrected chi connectivity index (χ3v) is 5.06. The number of rotatable bonds is 10. The van der Waals surface area contributed by atoms with Crippen molar-refractivity contribution in [2.24, 2.45) is 12.8 Å². The molecule has 4 nitrogen and oxygen atoms in total. The van der Waals surface area contributed by atoms with Crippen molar-refractivity contribution in [1.82, 2.24) is 4.57 Å². The van der Waals surface area contributed by atoms with Crippen molar-refractivity contribution in [2.75, 3.05) is 6.61 Å². The number of unbranched alkanes of at least 4 members (excludes halogenated alkanes) is 1. The van der Waals surface area contributed by atoms with Gasteiger partial charge in [0.25, 0.3) is 0 Å². The lowest BCUT2D eigenvalue weighted by Crippen LogP contribution is -2.40. The molecule has 4 heteroatoms. The van der Waals surface area contributed by atoms with E-state index in [-0.39, 0.29) is 12.4 Å². The number of carbonyl (C=O) groups is 1. The Labute approximate surface area is 157 Å². The van der Waals surface area contributed by atoms with E-state index in [0.29, 0.717) is 12.8 Å². The predicted octanol–water partition coefficient (Wildman–Crippen LogP) is 3.57. The summed E-state index contributed by atoms with van der Waals surface area (Å²) in [6.45, 7) is 3.90. The number of ketones is 1. The van der Waals surface area contributed by atoms with E-state index < -0.39 is 5.54 Å². The molecule has 2 aromatic rings. The predicted molar refractivity (Wildman–Crippen MR) is 106 cm³/mol. The molecule has 142 valence electrons. The van der Waals surface area contributed by atoms with Crippen molar-refractivity contribution in [3.8, 4) is 0 Å². The van der Waals surface area contributed by atoms with Gasteiger partial charge in [-0.2, -0.15) is 0 Å². The third-order valence-electron chi connectivity index (χ3n) is 5.06. The van der Waals surface area contributed by atoms with Crippen LogP contribution in [0.1, 0.15) is 59.9 Å². The van der Waals surface area contributed by atoms with Crippen LogP contribution in [-0.4, -0.2) is 27.6 Å². The Bertz CT molecular complexity index is 714. The van der Waals surface area contributed by atoms with E-state index in [4.69, 9.17) is 5.73 Å². The molecule has 26 heavy (non-hydrogen) atoms. The Morgan fingerprint density at radius 1 is 1.12 bits per heavy atom. The SMILES string of the molecule is Cc1ccc(CCCCC(=O)c2ccc(CCC(C)(N)CO)n2C)cc1. The van der Waals surface area contributed by atoms with E-state index in [1.165, 1.54) is 11.1 Å². The Morgan fingerprint density at radius 3 is 2.46 bits per heavy atom. The van der Waals surface area contributed by atoms with Crippen LogP contribution in [-0.2, 0) is 19.9 Å². The van der Waals surface area contributed by atoms with E-state index in [0.717, 1.165) is 37.1 Å². The normalized spacial score (nSPS) is 13.6. The van der Waals surface area contributed by atoms with E-state index in [1.807, 2.05) is 30.7 Å². The Balaban J connectivity index is 1.81. The number of hydrogen-bond acceptors (Lipinski definition) is 3. The summed E-state index contributed by atoms with van der Waals surface area (Å²) in [5, 5.41) is 9.27. The van der Waals surface area contributed by atoms with Crippen molar-refractivity contribution < 1.29 is 9.90 Å². The largest absolute Gasteiger partial charge is 0.394 e. The highest BCUT2D eigenvalue weighted by molar-refractivity contribution is 5.94. The van der Waals surface area contributed by atoms with Crippen LogP contribution in [0.4, 0.5) is 0 Å². The van der Waals surface area contributed by atoms with E-state index in [9.17, 15) is 9.90 Å². The molecule has 1 aromatic heterocycles. The fourth-order valence-corrected chi connectivity index (χ4v) is 3.07. The van der Waals surface area contributed by atoms with Crippen molar-refractivity contribution in [2.45, 2.75) is 57.9 Å². The number of nitrogens with zero attached hydrogens (tertiary/aromatic N) is 1. The topological polar surface area (TPSA) is 68.2 Å². The minimum Gasteiger partial charge on any atom is -0.394 e. The molecule has 1 atom stereocenters. The summed E-state index contributed by atoms with van der Waals surface area (Å²) in [5.74, 6) is 0.195. The van der Waals surface area contributed by atoms with Crippen molar-refractivity contribution in [3.05, 3.63) is 58.9 Å². The van der Waals surface area contributed by atoms with Crippen LogP contribution in [0.3, 0.4) is 0 Å². The number of hydrogen-bond donors (Lipinski definition) is 2. The van der Waals surface area contributed by atoms with Gasteiger partial charge in [0.2, 0.25) is 0 Å². The number of carbonyl (C=O) groups excluding carboxylic acids is 1. The Hall–Kier alpha value is -1.91. The summed E-state index contributed by atoms with van der Waals surface area (Å²) < 4.78 is 1.97. The average molecular weight is 357 g/mol. The first-order chi connectivity index (χ1) is 12.3. The number of aliphatic hydroxyl groups is 1. The number of aliphatic hydroxyl groups excluding tert-OH is 1. The molecule has 2 rings (SSSR count). The molecule has 0 fully saturated rings. The van der Waals surface area contributed by atoms with Crippen LogP contribution < -0.4 is 5.73 Å². The molecule has 0 amide bonds. The maximum Gasteiger partial charge on any atom is 0.179 e. The summed E-state index contributed by atoms with van der Waals surface area (Å²) in [6, 6.07) is 12.5. The van der Waals surface area contributed by atoms with Gasteiger partial charge in [0.05, 0.1) is 12.3 Å². The van der Waals surface area contributed by atoms with Crippen LogP contribution in [0.25, 0.3) is 0 Å². The van der Waals surface area contributed by atoms with Crippen LogP contribution >= 0.6 is 0 Å². The highest BCUT2D eigenvalue weighted by Crippen LogP contribution is 2.16. The van der Waals surface area contributed by atoms with Gasteiger partial charge in [0.1, 0.15) is 0 Å². The van der Waals surface area contributed by atoms with Crippen molar-refractivity contribution in [3.63, 3.8) is 0 Å². The molecular weight excluding hydrogens is 324 g/mol. The highest BCUT2D eigenvalue weighted by atomic mass is 16.3. The van der Waals surface area contributed by atoms with Gasteiger partial charge in [-0.05, 0) is 63.6 Å². The monoisotopic (exact) mass is 356 g/mol. The summed E-state index contributed by atoms with van der Waals surface area (Å²) in [4.78, 5) is 12.5. The summed E-state index contributed by atoms with van der Waals surface area (Å²) in [5.41, 5.74) is 9.86. The lowest BCUT2D eigenvalue weighted by atomic mass is 9.97. The van der Waals surface area contributed by atoms with Gasteiger partial charge in [-0.1, -0.05) is 29.8 Å². The minimum atomic E-state index is -0.579. The Kier molecular flexibility index (Phi) is 7.18. The summed E-state index contributed by atoms with van der Waals surface area (Å²) in [7, 11) is 1.93. The highest BCUT2D eigenvalue weighted by Gasteiger charge is 2.19. The lowest BCUT2D eigenvalue weighted by Gasteiger charge is -2.21. The quantitative estimate of drug-likeness (QED) is 0.505. The summed E-state index contributed by atoms with van der Waals surface area (Å²) >= 11 is 0. The third kappa shape index (κ3) is 5.82.